The van der Waals surface area contributed by atoms with Gasteiger partial charge in [0.1, 0.15) is 0 Å². The van der Waals surface area contributed by atoms with E-state index in [0.717, 1.165) is 17.6 Å². The number of nitrogens with one attached hydrogen (secondary N) is 1. The molecule has 1 aromatic heterocycles. The zero-order chi connectivity index (χ0) is 9.54. The van der Waals surface area contributed by atoms with Crippen LogP contribution in [0.15, 0.2) is 18.5 Å². The molecule has 3 heteroatoms. The fourth-order valence-corrected chi connectivity index (χ4v) is 2.12. The summed E-state index contributed by atoms with van der Waals surface area (Å²) in [6.45, 7) is 3.71. The number of rotatable bonds is 0. The molecule has 1 unspecified atom stereocenters. The predicted octanol–water partition coefficient (Wildman–Crippen LogP) is 2.20. The van der Waals surface area contributed by atoms with Crippen molar-refractivity contribution in [2.75, 3.05) is 6.61 Å². The quantitative estimate of drug-likeness (QED) is 0.688. The van der Waals surface area contributed by atoms with Crippen molar-refractivity contribution in [3.63, 3.8) is 0 Å². The van der Waals surface area contributed by atoms with E-state index in [0.29, 0.717) is 12.5 Å². The Bertz CT molecular complexity index is 475. The van der Waals surface area contributed by atoms with E-state index in [1.807, 2.05) is 0 Å². The number of aromatic nitrogens is 2. The highest BCUT2D eigenvalue weighted by atomic mass is 16.5. The first-order valence-electron chi connectivity index (χ1n) is 4.89. The second-order valence-electron chi connectivity index (χ2n) is 3.85. The molecule has 0 fully saturated rings. The molecule has 0 aliphatic carbocycles. The largest absolute Gasteiger partial charge is 0.376 e. The van der Waals surface area contributed by atoms with Crippen LogP contribution in [-0.2, 0) is 11.3 Å². The monoisotopic (exact) mass is 188 g/mol. The molecule has 14 heavy (non-hydrogen) atoms. The zero-order valence-corrected chi connectivity index (χ0v) is 8.08. The Kier molecular flexibility index (Phi) is 1.61. The number of H-pyrrole nitrogens is 1. The number of hydrogen-bond acceptors (Lipinski definition) is 2. The van der Waals surface area contributed by atoms with Crippen molar-refractivity contribution in [2.24, 2.45) is 0 Å². The lowest BCUT2D eigenvalue weighted by atomic mass is 9.94. The third kappa shape index (κ3) is 0.990. The summed E-state index contributed by atoms with van der Waals surface area (Å²) < 4.78 is 5.53. The minimum atomic E-state index is 0.486. The molecule has 1 N–H and O–H groups in total. The number of benzene rings is 1. The highest BCUT2D eigenvalue weighted by Gasteiger charge is 2.19. The Morgan fingerprint density at radius 3 is 3.36 bits per heavy atom. The Morgan fingerprint density at radius 2 is 2.43 bits per heavy atom. The first kappa shape index (κ1) is 8.00. The molecular weight excluding hydrogens is 176 g/mol. The van der Waals surface area contributed by atoms with Crippen LogP contribution in [0.1, 0.15) is 24.0 Å². The Morgan fingerprint density at radius 1 is 1.50 bits per heavy atom. The lowest BCUT2D eigenvalue weighted by molar-refractivity contribution is 0.0960. The van der Waals surface area contributed by atoms with Crippen LogP contribution in [0, 0.1) is 0 Å². The summed E-state index contributed by atoms with van der Waals surface area (Å²) in [6.07, 6.45) is 1.74. The number of hydrogen-bond donors (Lipinski definition) is 1. The average molecular weight is 188 g/mol. The van der Waals surface area contributed by atoms with E-state index in [1.165, 1.54) is 11.1 Å². The fourth-order valence-electron chi connectivity index (χ4n) is 2.12. The van der Waals surface area contributed by atoms with Crippen molar-refractivity contribution in [2.45, 2.75) is 19.4 Å². The van der Waals surface area contributed by atoms with Gasteiger partial charge in [0, 0.05) is 11.5 Å². The molecule has 3 rings (SSSR count). The van der Waals surface area contributed by atoms with Gasteiger partial charge in [-0.3, -0.25) is 0 Å². The zero-order valence-electron chi connectivity index (χ0n) is 8.08. The second kappa shape index (κ2) is 2.82. The first-order chi connectivity index (χ1) is 6.86. The molecule has 0 amide bonds. The van der Waals surface area contributed by atoms with Gasteiger partial charge in [-0.05, 0) is 11.6 Å². The standard InChI is InChI=1S/C11H12N2O/c1-7-4-14-5-9-8(7)2-3-10-11(9)13-6-12-10/h2-3,6-7H,4-5H2,1H3,(H,12,13). The van der Waals surface area contributed by atoms with Crippen LogP contribution in [0.2, 0.25) is 0 Å². The van der Waals surface area contributed by atoms with Crippen LogP contribution in [0.5, 0.6) is 0 Å². The van der Waals surface area contributed by atoms with Gasteiger partial charge < -0.3 is 9.72 Å². The van der Waals surface area contributed by atoms with Crippen molar-refractivity contribution in [3.8, 4) is 0 Å². The maximum absolute atomic E-state index is 5.53. The highest BCUT2D eigenvalue weighted by Crippen LogP contribution is 2.30. The van der Waals surface area contributed by atoms with E-state index in [9.17, 15) is 0 Å². The van der Waals surface area contributed by atoms with Gasteiger partial charge in [0.05, 0.1) is 30.6 Å². The minimum Gasteiger partial charge on any atom is -0.376 e. The van der Waals surface area contributed by atoms with Crippen LogP contribution in [-0.4, -0.2) is 16.6 Å². The lowest BCUT2D eigenvalue weighted by Crippen LogP contribution is -2.14. The summed E-state index contributed by atoms with van der Waals surface area (Å²) in [5.74, 6) is 0.486. The maximum Gasteiger partial charge on any atom is 0.0940 e. The van der Waals surface area contributed by atoms with E-state index >= 15 is 0 Å². The molecule has 0 saturated carbocycles. The normalized spacial score (nSPS) is 21.1. The fraction of sp³-hybridized carbons (Fsp3) is 0.364. The summed E-state index contributed by atoms with van der Waals surface area (Å²) >= 11 is 0. The smallest absolute Gasteiger partial charge is 0.0940 e. The van der Waals surface area contributed by atoms with E-state index in [2.05, 4.69) is 29.0 Å². The molecule has 1 atom stereocenters. The lowest BCUT2D eigenvalue weighted by Gasteiger charge is -2.22. The van der Waals surface area contributed by atoms with Crippen LogP contribution in [0.25, 0.3) is 11.0 Å². The molecule has 2 aromatic rings. The van der Waals surface area contributed by atoms with Gasteiger partial charge in [0.2, 0.25) is 0 Å². The Labute approximate surface area is 82.1 Å². The van der Waals surface area contributed by atoms with E-state index in [4.69, 9.17) is 4.74 Å². The summed E-state index contributed by atoms with van der Waals surface area (Å²) in [6, 6.07) is 4.28. The highest BCUT2D eigenvalue weighted by molar-refractivity contribution is 5.79. The minimum absolute atomic E-state index is 0.486. The van der Waals surface area contributed by atoms with Gasteiger partial charge >= 0.3 is 0 Å². The Hall–Kier alpha value is -1.35. The predicted molar refractivity (Wildman–Crippen MR) is 54.2 cm³/mol. The number of aromatic amines is 1. The molecule has 72 valence electrons. The first-order valence-corrected chi connectivity index (χ1v) is 4.89. The number of fused-ring (bicyclic) bond motifs is 3. The molecule has 1 aliphatic heterocycles. The molecule has 0 saturated heterocycles. The summed E-state index contributed by atoms with van der Waals surface area (Å²) in [5, 5.41) is 0. The number of ether oxygens (including phenoxy) is 1. The van der Waals surface area contributed by atoms with Crippen molar-refractivity contribution >= 4 is 11.0 Å². The van der Waals surface area contributed by atoms with Gasteiger partial charge in [-0.1, -0.05) is 13.0 Å². The average Bonchev–Trinajstić information content (AvgIpc) is 2.66. The van der Waals surface area contributed by atoms with Crippen molar-refractivity contribution in [1.82, 2.24) is 9.97 Å². The molecule has 0 radical (unpaired) electrons. The molecule has 1 aliphatic rings. The van der Waals surface area contributed by atoms with Crippen LogP contribution >= 0.6 is 0 Å². The second-order valence-corrected chi connectivity index (χ2v) is 3.85. The molecule has 2 heterocycles. The summed E-state index contributed by atoms with van der Waals surface area (Å²) in [5.41, 5.74) is 4.80. The van der Waals surface area contributed by atoms with Crippen LogP contribution in [0.3, 0.4) is 0 Å². The van der Waals surface area contributed by atoms with Crippen molar-refractivity contribution in [1.29, 1.82) is 0 Å². The maximum atomic E-state index is 5.53. The molecular formula is C11H12N2O. The summed E-state index contributed by atoms with van der Waals surface area (Å²) in [7, 11) is 0. The SMILES string of the molecule is CC1COCc2c1ccc1[nH]cnc21. The van der Waals surface area contributed by atoms with Crippen LogP contribution < -0.4 is 0 Å². The molecule has 1 aromatic carbocycles. The number of nitrogens with zero attached hydrogens (tertiary/aromatic N) is 1. The third-order valence-electron chi connectivity index (χ3n) is 2.88. The third-order valence-corrected chi connectivity index (χ3v) is 2.88. The van der Waals surface area contributed by atoms with Gasteiger partial charge in [0.25, 0.3) is 0 Å². The summed E-state index contributed by atoms with van der Waals surface area (Å²) in [4.78, 5) is 7.45. The van der Waals surface area contributed by atoms with Crippen LogP contribution in [0.4, 0.5) is 0 Å². The van der Waals surface area contributed by atoms with E-state index in [1.54, 1.807) is 6.33 Å². The van der Waals surface area contributed by atoms with E-state index < -0.39 is 0 Å². The van der Waals surface area contributed by atoms with Gasteiger partial charge in [-0.15, -0.1) is 0 Å². The van der Waals surface area contributed by atoms with Gasteiger partial charge in [-0.25, -0.2) is 4.98 Å². The molecule has 0 bridgehead atoms. The van der Waals surface area contributed by atoms with Gasteiger partial charge in [-0.2, -0.15) is 0 Å². The number of imidazole rings is 1. The molecule has 3 nitrogen and oxygen atoms in total. The van der Waals surface area contributed by atoms with Crippen molar-refractivity contribution in [3.05, 3.63) is 29.6 Å². The van der Waals surface area contributed by atoms with Crippen molar-refractivity contribution < 1.29 is 4.74 Å². The van der Waals surface area contributed by atoms with E-state index in [-0.39, 0.29) is 0 Å². The Balaban J connectivity index is 2.32. The topological polar surface area (TPSA) is 37.9 Å². The molecule has 0 spiro atoms. The van der Waals surface area contributed by atoms with Gasteiger partial charge in [0.15, 0.2) is 0 Å².